The first-order valence-electron chi connectivity index (χ1n) is 11.5. The Kier molecular flexibility index (Phi) is 5.08. The minimum Gasteiger partial charge on any atom is -0.370 e. The fourth-order valence-electron chi connectivity index (χ4n) is 7.97. The van der Waals surface area contributed by atoms with E-state index in [1.54, 1.807) is 0 Å². The summed E-state index contributed by atoms with van der Waals surface area (Å²) in [5.41, 5.74) is 7.27. The number of carbonyl (C=O) groups is 2. The second-order valence-electron chi connectivity index (χ2n) is 10.7. The largest absolute Gasteiger partial charge is 0.370 e. The molecule has 3 fully saturated rings. The molecule has 0 aromatic carbocycles. The van der Waals surface area contributed by atoms with E-state index >= 15 is 0 Å². The molecule has 154 valence electrons. The molecule has 0 saturated heterocycles. The van der Waals surface area contributed by atoms with Gasteiger partial charge in [0.25, 0.3) is 0 Å². The normalized spacial score (nSPS) is 43.0. The van der Waals surface area contributed by atoms with E-state index in [0.29, 0.717) is 23.7 Å². The highest BCUT2D eigenvalue weighted by Gasteiger charge is 2.58. The molecular formula is C25H37NO2. The highest BCUT2D eigenvalue weighted by atomic mass is 16.1. The van der Waals surface area contributed by atoms with Crippen LogP contribution in [-0.2, 0) is 9.59 Å². The molecule has 2 N–H and O–H groups in total. The molecule has 28 heavy (non-hydrogen) atoms. The average Bonchev–Trinajstić information content (AvgIpc) is 2.99. The Morgan fingerprint density at radius 1 is 1.21 bits per heavy atom. The zero-order valence-electron chi connectivity index (χ0n) is 17.9. The van der Waals surface area contributed by atoms with Gasteiger partial charge in [-0.2, -0.15) is 0 Å². The highest BCUT2D eigenvalue weighted by Crippen LogP contribution is 2.67. The predicted octanol–water partition coefficient (Wildman–Crippen LogP) is 5.20. The zero-order valence-corrected chi connectivity index (χ0v) is 17.9. The number of fused-ring (bicyclic) bond motifs is 5. The summed E-state index contributed by atoms with van der Waals surface area (Å²) in [5.74, 6) is 3.77. The van der Waals surface area contributed by atoms with Gasteiger partial charge in [0, 0.05) is 11.8 Å². The summed E-state index contributed by atoms with van der Waals surface area (Å²) < 4.78 is 0. The molecule has 0 spiro atoms. The average molecular weight is 384 g/mol. The third-order valence-electron chi connectivity index (χ3n) is 9.40. The van der Waals surface area contributed by atoms with Crippen molar-refractivity contribution in [1.82, 2.24) is 0 Å². The minimum atomic E-state index is -0.165. The number of hydrogen-bond donors (Lipinski definition) is 1. The molecule has 3 saturated carbocycles. The number of ketones is 1. The van der Waals surface area contributed by atoms with E-state index in [4.69, 9.17) is 5.73 Å². The Bertz CT molecular complexity index is 722. The van der Waals surface area contributed by atoms with E-state index in [1.807, 2.05) is 12.2 Å². The molecule has 0 radical (unpaired) electrons. The van der Waals surface area contributed by atoms with Gasteiger partial charge in [-0.3, -0.25) is 9.59 Å². The van der Waals surface area contributed by atoms with Crippen LogP contribution in [-0.4, -0.2) is 11.7 Å². The van der Waals surface area contributed by atoms with E-state index < -0.39 is 0 Å². The highest BCUT2D eigenvalue weighted by molar-refractivity contribution is 6.01. The number of carbonyl (C=O) groups excluding carboxylic acids is 2. The summed E-state index contributed by atoms with van der Waals surface area (Å²) in [6.07, 6.45) is 16.2. The molecule has 1 amide bonds. The van der Waals surface area contributed by atoms with Gasteiger partial charge < -0.3 is 5.73 Å². The molecule has 0 aliphatic heterocycles. The Morgan fingerprint density at radius 3 is 2.75 bits per heavy atom. The van der Waals surface area contributed by atoms with Crippen molar-refractivity contribution in [2.24, 2.45) is 46.2 Å². The molecule has 7 atom stereocenters. The number of nitrogens with two attached hydrogens (primary N) is 1. The molecule has 0 aromatic rings. The smallest absolute Gasteiger partial charge is 0.217 e. The minimum absolute atomic E-state index is 0.101. The molecule has 3 heteroatoms. The number of hydrogen-bond acceptors (Lipinski definition) is 2. The maximum atomic E-state index is 11.9. The molecule has 3 nitrogen and oxygen atoms in total. The van der Waals surface area contributed by atoms with Crippen LogP contribution in [0.1, 0.15) is 78.6 Å². The Labute approximate surface area is 170 Å². The van der Waals surface area contributed by atoms with Gasteiger partial charge in [-0.05, 0) is 98.5 Å². The molecule has 4 aliphatic carbocycles. The van der Waals surface area contributed by atoms with Crippen molar-refractivity contribution in [3.8, 4) is 0 Å². The van der Waals surface area contributed by atoms with Gasteiger partial charge in [-0.15, -0.1) is 0 Å². The maximum absolute atomic E-state index is 11.9. The monoisotopic (exact) mass is 383 g/mol. The Hall–Kier alpha value is -1.38. The summed E-state index contributed by atoms with van der Waals surface area (Å²) in [7, 11) is 0. The van der Waals surface area contributed by atoms with Gasteiger partial charge >= 0.3 is 0 Å². The van der Waals surface area contributed by atoms with Crippen molar-refractivity contribution in [3.63, 3.8) is 0 Å². The fourth-order valence-corrected chi connectivity index (χ4v) is 7.97. The zero-order chi connectivity index (χ0) is 20.1. The van der Waals surface area contributed by atoms with Crippen molar-refractivity contribution >= 4 is 11.7 Å². The van der Waals surface area contributed by atoms with Crippen molar-refractivity contribution in [3.05, 3.63) is 23.8 Å². The second kappa shape index (κ2) is 7.15. The predicted molar refractivity (Wildman–Crippen MR) is 112 cm³/mol. The number of rotatable bonds is 5. The molecule has 0 heterocycles. The third kappa shape index (κ3) is 3.09. The maximum Gasteiger partial charge on any atom is 0.217 e. The summed E-state index contributed by atoms with van der Waals surface area (Å²) in [4.78, 5) is 23.0. The summed E-state index contributed by atoms with van der Waals surface area (Å²) in [6, 6.07) is 0. The van der Waals surface area contributed by atoms with E-state index in [2.05, 4.69) is 26.8 Å². The topological polar surface area (TPSA) is 60.2 Å². The van der Waals surface area contributed by atoms with E-state index in [0.717, 1.165) is 37.0 Å². The molecule has 1 unspecified atom stereocenters. The van der Waals surface area contributed by atoms with Gasteiger partial charge in [-0.1, -0.05) is 32.4 Å². The van der Waals surface area contributed by atoms with E-state index in [-0.39, 0.29) is 17.1 Å². The van der Waals surface area contributed by atoms with Gasteiger partial charge in [0.15, 0.2) is 5.78 Å². The van der Waals surface area contributed by atoms with Crippen molar-refractivity contribution in [2.45, 2.75) is 78.6 Å². The SMILES string of the molecule is CC(CCCC(N)=O)[C@H]1CC[C@H]2[C@@H]3CCC4=CC(=O)C=C[C@]4(C)[C@H]3CC[C@]12C. The lowest BCUT2D eigenvalue weighted by atomic mass is 9.47. The second-order valence-corrected chi connectivity index (χ2v) is 10.7. The summed E-state index contributed by atoms with van der Waals surface area (Å²) in [5, 5.41) is 0. The van der Waals surface area contributed by atoms with Crippen LogP contribution < -0.4 is 5.73 Å². The Morgan fingerprint density at radius 2 is 2.00 bits per heavy atom. The molecule has 4 rings (SSSR count). The van der Waals surface area contributed by atoms with Gasteiger partial charge in [0.1, 0.15) is 0 Å². The van der Waals surface area contributed by atoms with Crippen LogP contribution in [0.25, 0.3) is 0 Å². The molecule has 0 aromatic heterocycles. The van der Waals surface area contributed by atoms with Crippen molar-refractivity contribution < 1.29 is 9.59 Å². The first-order chi connectivity index (χ1) is 13.3. The standard InChI is InChI=1S/C25H37NO2/c1-16(5-4-6-23(26)28)20-9-10-21-19-8-7-17-15-18(27)11-13-24(17,2)22(19)12-14-25(20,21)3/h11,13,15-16,19-22H,4-10,12,14H2,1-3H3,(H2,26,28)/t16?,19-,20+,21-,22-,24-,25+/m0/s1. The van der Waals surface area contributed by atoms with Crippen LogP contribution in [0.3, 0.4) is 0 Å². The number of allylic oxidation sites excluding steroid dienone is 4. The first kappa shape index (κ1) is 19.9. The van der Waals surface area contributed by atoms with E-state index in [9.17, 15) is 9.59 Å². The third-order valence-corrected chi connectivity index (χ3v) is 9.40. The summed E-state index contributed by atoms with van der Waals surface area (Å²) >= 11 is 0. The lowest BCUT2D eigenvalue weighted by Gasteiger charge is -2.57. The van der Waals surface area contributed by atoms with Crippen LogP contribution in [0.15, 0.2) is 23.8 Å². The van der Waals surface area contributed by atoms with Crippen LogP contribution >= 0.6 is 0 Å². The Balaban J connectivity index is 1.51. The van der Waals surface area contributed by atoms with Crippen molar-refractivity contribution in [1.29, 1.82) is 0 Å². The number of primary amides is 1. The van der Waals surface area contributed by atoms with Gasteiger partial charge in [0.05, 0.1) is 0 Å². The van der Waals surface area contributed by atoms with Gasteiger partial charge in [-0.25, -0.2) is 0 Å². The molecular weight excluding hydrogens is 346 g/mol. The van der Waals surface area contributed by atoms with Crippen LogP contribution in [0.5, 0.6) is 0 Å². The lowest BCUT2D eigenvalue weighted by Crippen LogP contribution is -2.50. The fraction of sp³-hybridized carbons (Fsp3) is 0.760. The lowest BCUT2D eigenvalue weighted by molar-refractivity contribution is -0.118. The van der Waals surface area contributed by atoms with Crippen molar-refractivity contribution in [2.75, 3.05) is 0 Å². The van der Waals surface area contributed by atoms with Gasteiger partial charge in [0.2, 0.25) is 5.91 Å². The van der Waals surface area contributed by atoms with Crippen LogP contribution in [0.4, 0.5) is 0 Å². The van der Waals surface area contributed by atoms with Crippen LogP contribution in [0.2, 0.25) is 0 Å². The first-order valence-corrected chi connectivity index (χ1v) is 11.5. The number of amides is 1. The molecule has 4 aliphatic rings. The molecule has 0 bridgehead atoms. The van der Waals surface area contributed by atoms with Crippen LogP contribution in [0, 0.1) is 40.4 Å². The van der Waals surface area contributed by atoms with E-state index in [1.165, 1.54) is 37.7 Å². The quantitative estimate of drug-likeness (QED) is 0.709. The summed E-state index contributed by atoms with van der Waals surface area (Å²) in [6.45, 7) is 7.37.